The van der Waals surface area contributed by atoms with Gasteiger partial charge in [0, 0.05) is 25.2 Å². The Morgan fingerprint density at radius 1 is 1.00 bits per heavy atom. The number of aliphatic hydroxyl groups is 1. The predicted molar refractivity (Wildman–Crippen MR) is 121 cm³/mol. The van der Waals surface area contributed by atoms with E-state index >= 15 is 0 Å². The number of nitrogens with zero attached hydrogens (tertiary/aromatic N) is 1. The molecule has 1 saturated heterocycles. The molecule has 0 saturated carbocycles. The maximum Gasteiger partial charge on any atom is 0.163 e. The average Bonchev–Trinajstić information content (AvgIpc) is 2.77. The molecule has 1 heterocycles. The maximum atomic E-state index is 13.8. The van der Waals surface area contributed by atoms with Crippen molar-refractivity contribution in [3.8, 4) is 11.5 Å². The number of hydrogen-bond acceptors (Lipinski definition) is 5. The SMILES string of the molecule is COc1ccc(CNCc2cccc(F)c2F)cc1OCC(O)CN1CCCCCCC1. The summed E-state index contributed by atoms with van der Waals surface area (Å²) in [5, 5.41) is 13.6. The average molecular weight is 449 g/mol. The molecule has 0 amide bonds. The van der Waals surface area contributed by atoms with Gasteiger partial charge in [-0.3, -0.25) is 0 Å². The lowest BCUT2D eigenvalue weighted by atomic mass is 10.1. The Hall–Kier alpha value is -2.22. The molecule has 0 spiro atoms. The van der Waals surface area contributed by atoms with Crippen LogP contribution in [0.1, 0.15) is 43.2 Å². The Kier molecular flexibility index (Phi) is 9.71. The summed E-state index contributed by atoms with van der Waals surface area (Å²) in [4.78, 5) is 2.32. The van der Waals surface area contributed by atoms with Gasteiger partial charge in [-0.05, 0) is 49.7 Å². The van der Waals surface area contributed by atoms with Gasteiger partial charge in [0.05, 0.1) is 7.11 Å². The summed E-state index contributed by atoms with van der Waals surface area (Å²) in [6.07, 6.45) is 5.59. The van der Waals surface area contributed by atoms with Crippen LogP contribution in [0.15, 0.2) is 36.4 Å². The minimum atomic E-state index is -0.848. The fourth-order valence-electron chi connectivity index (χ4n) is 4.00. The van der Waals surface area contributed by atoms with E-state index in [0.29, 0.717) is 24.6 Å². The quantitative estimate of drug-likeness (QED) is 0.569. The second-order valence-corrected chi connectivity index (χ2v) is 8.33. The highest BCUT2D eigenvalue weighted by molar-refractivity contribution is 5.43. The summed E-state index contributed by atoms with van der Waals surface area (Å²) in [5.74, 6) is -0.537. The van der Waals surface area contributed by atoms with Crippen molar-refractivity contribution in [2.75, 3.05) is 33.4 Å². The zero-order valence-corrected chi connectivity index (χ0v) is 18.8. The molecule has 1 fully saturated rings. The molecule has 1 aliphatic heterocycles. The van der Waals surface area contributed by atoms with Crippen LogP contribution in [-0.2, 0) is 13.1 Å². The molecule has 7 heteroatoms. The minimum Gasteiger partial charge on any atom is -0.493 e. The first-order chi connectivity index (χ1) is 15.6. The van der Waals surface area contributed by atoms with Gasteiger partial charge in [0.15, 0.2) is 23.1 Å². The summed E-state index contributed by atoms with van der Waals surface area (Å²) in [6.45, 7) is 3.48. The fourth-order valence-corrected chi connectivity index (χ4v) is 4.00. The van der Waals surface area contributed by atoms with Gasteiger partial charge in [0.25, 0.3) is 0 Å². The topological polar surface area (TPSA) is 54.0 Å². The van der Waals surface area contributed by atoms with Crippen LogP contribution in [0.4, 0.5) is 8.78 Å². The highest BCUT2D eigenvalue weighted by Crippen LogP contribution is 2.28. The van der Waals surface area contributed by atoms with Crippen LogP contribution in [0.25, 0.3) is 0 Å². The molecule has 2 N–H and O–H groups in total. The standard InChI is InChI=1S/C25H34F2N2O3/c1-31-23-11-10-19(15-28-16-20-8-7-9-22(26)25(20)27)14-24(23)32-18-21(30)17-29-12-5-3-2-4-6-13-29/h7-11,14,21,28,30H,2-6,12-13,15-18H2,1H3. The van der Waals surface area contributed by atoms with Crippen molar-refractivity contribution < 1.29 is 23.4 Å². The summed E-state index contributed by atoms with van der Waals surface area (Å²) in [7, 11) is 1.57. The van der Waals surface area contributed by atoms with Gasteiger partial charge >= 0.3 is 0 Å². The lowest BCUT2D eigenvalue weighted by Crippen LogP contribution is -2.37. The molecule has 1 unspecified atom stereocenters. The van der Waals surface area contributed by atoms with Crippen molar-refractivity contribution >= 4 is 0 Å². The number of hydrogen-bond donors (Lipinski definition) is 2. The molecule has 3 rings (SSSR count). The Balaban J connectivity index is 1.51. The summed E-state index contributed by atoms with van der Waals surface area (Å²) < 4.78 is 38.4. The van der Waals surface area contributed by atoms with E-state index < -0.39 is 17.7 Å². The molecule has 2 aromatic rings. The first-order valence-corrected chi connectivity index (χ1v) is 11.4. The minimum absolute atomic E-state index is 0.179. The van der Waals surface area contributed by atoms with Crippen LogP contribution in [-0.4, -0.2) is 49.5 Å². The Labute approximate surface area is 189 Å². The molecule has 1 aliphatic rings. The molecule has 0 bridgehead atoms. The lowest BCUT2D eigenvalue weighted by Gasteiger charge is -2.26. The van der Waals surface area contributed by atoms with Crippen LogP contribution < -0.4 is 14.8 Å². The smallest absolute Gasteiger partial charge is 0.163 e. The van der Waals surface area contributed by atoms with E-state index in [1.165, 1.54) is 38.2 Å². The third-order valence-electron chi connectivity index (χ3n) is 5.75. The van der Waals surface area contributed by atoms with Crippen LogP contribution >= 0.6 is 0 Å². The van der Waals surface area contributed by atoms with Crippen molar-refractivity contribution in [1.82, 2.24) is 10.2 Å². The van der Waals surface area contributed by atoms with Crippen molar-refractivity contribution in [3.63, 3.8) is 0 Å². The zero-order valence-electron chi connectivity index (χ0n) is 18.8. The number of halogens is 2. The van der Waals surface area contributed by atoms with Crippen molar-refractivity contribution in [2.24, 2.45) is 0 Å². The molecule has 0 aliphatic carbocycles. The van der Waals surface area contributed by atoms with E-state index in [1.807, 2.05) is 12.1 Å². The molecular weight excluding hydrogens is 414 g/mol. The molecule has 0 aromatic heterocycles. The van der Waals surface area contributed by atoms with E-state index in [1.54, 1.807) is 19.2 Å². The van der Waals surface area contributed by atoms with E-state index in [2.05, 4.69) is 10.2 Å². The number of rotatable bonds is 10. The number of benzene rings is 2. The lowest BCUT2D eigenvalue weighted by molar-refractivity contribution is 0.0644. The fraction of sp³-hybridized carbons (Fsp3) is 0.520. The number of methoxy groups -OCH3 is 1. The molecule has 5 nitrogen and oxygen atoms in total. The summed E-state index contributed by atoms with van der Waals surface area (Å²) in [6, 6.07) is 9.69. The first-order valence-electron chi connectivity index (χ1n) is 11.4. The number of β-amino-alcohol motifs (C(OH)–C–C–N with tert-alkyl or cyclic N) is 1. The van der Waals surface area contributed by atoms with E-state index in [9.17, 15) is 13.9 Å². The maximum absolute atomic E-state index is 13.8. The third-order valence-corrected chi connectivity index (χ3v) is 5.75. The van der Waals surface area contributed by atoms with Gasteiger partial charge < -0.3 is 24.8 Å². The third kappa shape index (κ3) is 7.43. The highest BCUT2D eigenvalue weighted by Gasteiger charge is 2.15. The van der Waals surface area contributed by atoms with Crippen LogP contribution in [0.5, 0.6) is 11.5 Å². The van der Waals surface area contributed by atoms with Gasteiger partial charge in [-0.25, -0.2) is 8.78 Å². The highest BCUT2D eigenvalue weighted by atomic mass is 19.2. The van der Waals surface area contributed by atoms with E-state index in [0.717, 1.165) is 24.7 Å². The van der Waals surface area contributed by atoms with Gasteiger partial charge in [-0.15, -0.1) is 0 Å². The summed E-state index contributed by atoms with van der Waals surface area (Å²) >= 11 is 0. The Bertz CT molecular complexity index is 842. The second kappa shape index (κ2) is 12.7. The van der Waals surface area contributed by atoms with Crippen LogP contribution in [0, 0.1) is 11.6 Å². The Morgan fingerprint density at radius 3 is 2.50 bits per heavy atom. The molecule has 32 heavy (non-hydrogen) atoms. The normalized spacial score (nSPS) is 16.2. The van der Waals surface area contributed by atoms with Gasteiger partial charge in [0.2, 0.25) is 0 Å². The number of aliphatic hydroxyl groups excluding tert-OH is 1. The van der Waals surface area contributed by atoms with Crippen molar-refractivity contribution in [2.45, 2.75) is 51.3 Å². The van der Waals surface area contributed by atoms with E-state index in [4.69, 9.17) is 9.47 Å². The van der Waals surface area contributed by atoms with Crippen LogP contribution in [0.3, 0.4) is 0 Å². The summed E-state index contributed by atoms with van der Waals surface area (Å²) in [5.41, 5.74) is 1.19. The largest absolute Gasteiger partial charge is 0.493 e. The zero-order chi connectivity index (χ0) is 22.8. The van der Waals surface area contributed by atoms with Crippen molar-refractivity contribution in [1.29, 1.82) is 0 Å². The first kappa shape index (κ1) is 24.4. The molecule has 1 atom stereocenters. The van der Waals surface area contributed by atoms with Gasteiger partial charge in [0.1, 0.15) is 12.7 Å². The van der Waals surface area contributed by atoms with Gasteiger partial charge in [-0.1, -0.05) is 37.5 Å². The number of ether oxygens (including phenoxy) is 2. The van der Waals surface area contributed by atoms with Crippen molar-refractivity contribution in [3.05, 3.63) is 59.2 Å². The second-order valence-electron chi connectivity index (χ2n) is 8.33. The molecule has 176 valence electrons. The number of likely N-dealkylation sites (tertiary alicyclic amines) is 1. The molecular formula is C25H34F2N2O3. The molecule has 0 radical (unpaired) electrons. The Morgan fingerprint density at radius 2 is 1.75 bits per heavy atom. The van der Waals surface area contributed by atoms with E-state index in [-0.39, 0.29) is 18.7 Å². The number of nitrogens with one attached hydrogen (secondary N) is 1. The van der Waals surface area contributed by atoms with Crippen LogP contribution in [0.2, 0.25) is 0 Å². The van der Waals surface area contributed by atoms with Gasteiger partial charge in [-0.2, -0.15) is 0 Å². The predicted octanol–water partition coefficient (Wildman–Crippen LogP) is 4.27. The monoisotopic (exact) mass is 448 g/mol. The molecule has 2 aromatic carbocycles.